The lowest BCUT2D eigenvalue weighted by Crippen LogP contribution is -1.99. The van der Waals surface area contributed by atoms with Gasteiger partial charge in [-0.25, -0.2) is 0 Å². The number of rotatable bonds is 3. The predicted octanol–water partition coefficient (Wildman–Crippen LogP) is 2.94. The smallest absolute Gasteiger partial charge is 0.204 e. The van der Waals surface area contributed by atoms with Crippen LogP contribution in [-0.4, -0.2) is 10.8 Å². The van der Waals surface area contributed by atoms with Crippen molar-refractivity contribution in [3.8, 4) is 0 Å². The molecule has 0 radical (unpaired) electrons. The Bertz CT molecular complexity index is 462. The summed E-state index contributed by atoms with van der Waals surface area (Å²) in [6, 6.07) is 7.75. The minimum absolute atomic E-state index is 0.0628. The van der Waals surface area contributed by atoms with Gasteiger partial charge in [0, 0.05) is 11.8 Å². The highest BCUT2D eigenvalue weighted by Crippen LogP contribution is 2.14. The van der Waals surface area contributed by atoms with E-state index in [0.29, 0.717) is 4.88 Å². The monoisotopic (exact) mass is 217 g/mol. The van der Waals surface area contributed by atoms with E-state index < -0.39 is 0 Å². The van der Waals surface area contributed by atoms with Crippen LogP contribution in [0.3, 0.4) is 0 Å². The Morgan fingerprint density at radius 1 is 1.47 bits per heavy atom. The molecule has 0 amide bonds. The molecule has 1 aromatic heterocycles. The van der Waals surface area contributed by atoms with Gasteiger partial charge in [-0.2, -0.15) is 0 Å². The van der Waals surface area contributed by atoms with E-state index in [1.54, 1.807) is 11.7 Å². The van der Waals surface area contributed by atoms with Gasteiger partial charge in [0.1, 0.15) is 0 Å². The van der Waals surface area contributed by atoms with Gasteiger partial charge in [0.2, 0.25) is 5.78 Å². The van der Waals surface area contributed by atoms with E-state index in [2.05, 4.69) is 11.9 Å². The number of aryl methyl sites for hydroxylation is 1. The first kappa shape index (κ1) is 10.1. The van der Waals surface area contributed by atoms with Crippen LogP contribution in [0.2, 0.25) is 0 Å². The number of carbonyl (C=O) groups is 1. The van der Waals surface area contributed by atoms with Crippen LogP contribution in [0.5, 0.6) is 0 Å². The summed E-state index contributed by atoms with van der Waals surface area (Å²) in [7, 11) is 0. The molecule has 1 heterocycles. The Morgan fingerprint density at radius 2 is 2.33 bits per heavy atom. The summed E-state index contributed by atoms with van der Waals surface area (Å²) in [4.78, 5) is 16.6. The zero-order chi connectivity index (χ0) is 10.7. The number of benzene rings is 1. The first-order valence-corrected chi connectivity index (χ1v) is 5.71. The molecular weight excluding hydrogens is 206 g/mol. The quantitative estimate of drug-likeness (QED) is 0.740. The van der Waals surface area contributed by atoms with Gasteiger partial charge >= 0.3 is 0 Å². The van der Waals surface area contributed by atoms with Crippen LogP contribution in [-0.2, 0) is 6.42 Å². The van der Waals surface area contributed by atoms with Crippen molar-refractivity contribution in [2.45, 2.75) is 13.3 Å². The largest absolute Gasteiger partial charge is 0.288 e. The second-order valence-electron chi connectivity index (χ2n) is 3.25. The van der Waals surface area contributed by atoms with Crippen molar-refractivity contribution in [3.63, 3.8) is 0 Å². The maximum Gasteiger partial charge on any atom is 0.204 e. The van der Waals surface area contributed by atoms with Gasteiger partial charge in [0.05, 0.1) is 10.4 Å². The van der Waals surface area contributed by atoms with Gasteiger partial charge < -0.3 is 0 Å². The Kier molecular flexibility index (Phi) is 2.92. The molecule has 0 N–H and O–H groups in total. The molecule has 2 aromatic rings. The zero-order valence-electron chi connectivity index (χ0n) is 8.43. The lowest BCUT2D eigenvalue weighted by atomic mass is 10.1. The highest BCUT2D eigenvalue weighted by molar-refractivity contribution is 7.11. The van der Waals surface area contributed by atoms with Crippen LogP contribution in [0.4, 0.5) is 0 Å². The average Bonchev–Trinajstić information content (AvgIpc) is 2.81. The van der Waals surface area contributed by atoms with Crippen LogP contribution in [0.25, 0.3) is 0 Å². The Hall–Kier alpha value is -1.48. The fourth-order valence-corrected chi connectivity index (χ4v) is 1.98. The molecule has 0 bridgehead atoms. The molecule has 2 nitrogen and oxygen atoms in total. The fourth-order valence-electron chi connectivity index (χ4n) is 1.40. The molecule has 1 aromatic carbocycles. The number of thiazole rings is 1. The molecule has 0 saturated heterocycles. The Labute approximate surface area is 92.6 Å². The molecule has 0 unspecified atom stereocenters. The molecule has 0 aliphatic heterocycles. The van der Waals surface area contributed by atoms with E-state index in [4.69, 9.17) is 0 Å². The molecule has 0 fully saturated rings. The summed E-state index contributed by atoms with van der Waals surface area (Å²) in [6.07, 6.45) is 2.56. The minimum atomic E-state index is 0.0628. The van der Waals surface area contributed by atoms with Gasteiger partial charge in [-0.05, 0) is 18.1 Å². The number of aromatic nitrogens is 1. The summed E-state index contributed by atoms with van der Waals surface area (Å²) >= 11 is 1.38. The lowest BCUT2D eigenvalue weighted by molar-refractivity contribution is 0.104. The first-order chi connectivity index (χ1) is 7.31. The average molecular weight is 217 g/mol. The van der Waals surface area contributed by atoms with Crippen molar-refractivity contribution in [1.82, 2.24) is 4.98 Å². The van der Waals surface area contributed by atoms with Crippen molar-refractivity contribution in [2.75, 3.05) is 0 Å². The van der Waals surface area contributed by atoms with Gasteiger partial charge in [-0.3, -0.25) is 9.78 Å². The number of ketones is 1. The standard InChI is InChI=1S/C12H11NOS/c1-2-9-4-3-5-10(6-9)12(14)11-7-13-8-15-11/h3-8H,2H2,1H3. The molecule has 0 atom stereocenters. The minimum Gasteiger partial charge on any atom is -0.288 e. The summed E-state index contributed by atoms with van der Waals surface area (Å²) in [5, 5.41) is 0. The van der Waals surface area contributed by atoms with Crippen molar-refractivity contribution < 1.29 is 4.79 Å². The van der Waals surface area contributed by atoms with Gasteiger partial charge in [-0.15, -0.1) is 11.3 Å². The van der Waals surface area contributed by atoms with Crippen LogP contribution in [0, 0.1) is 0 Å². The summed E-state index contributed by atoms with van der Waals surface area (Å²) in [5.74, 6) is 0.0628. The maximum atomic E-state index is 11.9. The predicted molar refractivity (Wildman–Crippen MR) is 61.4 cm³/mol. The fraction of sp³-hybridized carbons (Fsp3) is 0.167. The van der Waals surface area contributed by atoms with Crippen molar-refractivity contribution >= 4 is 17.1 Å². The molecule has 0 spiro atoms. The van der Waals surface area contributed by atoms with Gasteiger partial charge in [0.25, 0.3) is 0 Å². The molecule has 76 valence electrons. The SMILES string of the molecule is CCc1cccc(C(=O)c2cncs2)c1. The second-order valence-corrected chi connectivity index (χ2v) is 4.14. The lowest BCUT2D eigenvalue weighted by Gasteiger charge is -2.00. The molecule has 2 rings (SSSR count). The summed E-state index contributed by atoms with van der Waals surface area (Å²) < 4.78 is 0. The van der Waals surface area contributed by atoms with Crippen molar-refractivity contribution in [1.29, 1.82) is 0 Å². The van der Waals surface area contributed by atoms with E-state index in [1.165, 1.54) is 16.9 Å². The first-order valence-electron chi connectivity index (χ1n) is 4.83. The number of hydrogen-bond acceptors (Lipinski definition) is 3. The molecule has 0 aliphatic carbocycles. The topological polar surface area (TPSA) is 30.0 Å². The Morgan fingerprint density at radius 3 is 3.00 bits per heavy atom. The molecule has 15 heavy (non-hydrogen) atoms. The van der Waals surface area contributed by atoms with Crippen LogP contribution < -0.4 is 0 Å². The normalized spacial score (nSPS) is 10.2. The summed E-state index contributed by atoms with van der Waals surface area (Å²) in [6.45, 7) is 2.08. The molecular formula is C12H11NOS. The summed E-state index contributed by atoms with van der Waals surface area (Å²) in [5.41, 5.74) is 3.61. The maximum absolute atomic E-state index is 11.9. The number of hydrogen-bond donors (Lipinski definition) is 0. The second kappa shape index (κ2) is 4.36. The van der Waals surface area contributed by atoms with E-state index in [0.717, 1.165) is 12.0 Å². The number of carbonyl (C=O) groups excluding carboxylic acids is 1. The zero-order valence-corrected chi connectivity index (χ0v) is 9.25. The molecule has 3 heteroatoms. The van der Waals surface area contributed by atoms with E-state index in [-0.39, 0.29) is 5.78 Å². The third kappa shape index (κ3) is 2.13. The third-order valence-corrected chi connectivity index (χ3v) is 3.03. The van der Waals surface area contributed by atoms with Crippen molar-refractivity contribution in [3.05, 3.63) is 52.0 Å². The van der Waals surface area contributed by atoms with Crippen LogP contribution in [0.1, 0.15) is 27.7 Å². The van der Waals surface area contributed by atoms with Gasteiger partial charge in [-0.1, -0.05) is 25.1 Å². The van der Waals surface area contributed by atoms with Crippen molar-refractivity contribution in [2.24, 2.45) is 0 Å². The van der Waals surface area contributed by atoms with Crippen LogP contribution in [0.15, 0.2) is 36.0 Å². The van der Waals surface area contributed by atoms with E-state index in [1.807, 2.05) is 24.3 Å². The Balaban J connectivity index is 2.34. The highest BCUT2D eigenvalue weighted by Gasteiger charge is 2.10. The van der Waals surface area contributed by atoms with E-state index >= 15 is 0 Å². The van der Waals surface area contributed by atoms with E-state index in [9.17, 15) is 4.79 Å². The molecule has 0 saturated carbocycles. The highest BCUT2D eigenvalue weighted by atomic mass is 32.1. The number of nitrogens with zero attached hydrogens (tertiary/aromatic N) is 1. The van der Waals surface area contributed by atoms with Crippen LogP contribution >= 0.6 is 11.3 Å². The molecule has 0 aliphatic rings. The third-order valence-electron chi connectivity index (χ3n) is 2.25. The van der Waals surface area contributed by atoms with Gasteiger partial charge in [0.15, 0.2) is 0 Å².